The van der Waals surface area contributed by atoms with E-state index in [0.29, 0.717) is 30.4 Å². The number of ether oxygens (including phenoxy) is 1. The van der Waals surface area contributed by atoms with Gasteiger partial charge in [0.2, 0.25) is 0 Å². The van der Waals surface area contributed by atoms with Crippen LogP contribution in [0, 0.1) is 5.92 Å². The minimum Gasteiger partial charge on any atom is -0.483 e. The van der Waals surface area contributed by atoms with Gasteiger partial charge in [0, 0.05) is 27.1 Å². The summed E-state index contributed by atoms with van der Waals surface area (Å²) in [6.45, 7) is 12.9. The minimum atomic E-state index is -0.414. The average molecular weight is 878 g/mol. The molecule has 9 heteroatoms. The lowest BCUT2D eigenvalue weighted by Crippen LogP contribution is -2.37. The van der Waals surface area contributed by atoms with Crippen LogP contribution in [0.2, 0.25) is 0 Å². The second kappa shape index (κ2) is 49.8. The molecule has 9 nitrogen and oxygen atoms in total. The van der Waals surface area contributed by atoms with Gasteiger partial charge in [-0.25, -0.2) is 0 Å². The lowest BCUT2D eigenvalue weighted by Gasteiger charge is -2.23. The Bertz CT molecular complexity index is 1120. The molecule has 0 aliphatic rings. The van der Waals surface area contributed by atoms with Crippen molar-refractivity contribution in [1.29, 1.82) is 0 Å². The van der Waals surface area contributed by atoms with Gasteiger partial charge < -0.3 is 30.2 Å². The summed E-state index contributed by atoms with van der Waals surface area (Å²) in [7, 11) is 3.57. The number of carbonyl (C=O) groups is 2. The highest BCUT2D eigenvalue weighted by Crippen LogP contribution is 2.22. The summed E-state index contributed by atoms with van der Waals surface area (Å²) in [5.74, 6) is 0.932. The number of anilines is 2. The molecule has 3 N–H and O–H groups in total. The third-order valence-corrected chi connectivity index (χ3v) is 12.6. The van der Waals surface area contributed by atoms with Gasteiger partial charge in [-0.3, -0.25) is 14.4 Å². The van der Waals surface area contributed by atoms with Gasteiger partial charge >= 0.3 is 0 Å². The van der Waals surface area contributed by atoms with Crippen LogP contribution in [0.15, 0.2) is 9.59 Å². The molecule has 366 valence electrons. The minimum absolute atomic E-state index is 0.250. The predicted molar refractivity (Wildman–Crippen MR) is 269 cm³/mol. The van der Waals surface area contributed by atoms with E-state index in [2.05, 4.69) is 43.2 Å². The number of hydrogen-bond donors (Lipinski definition) is 3. The van der Waals surface area contributed by atoms with Crippen LogP contribution in [0.1, 0.15) is 252 Å². The van der Waals surface area contributed by atoms with Crippen LogP contribution in [0.5, 0.6) is 0 Å². The van der Waals surface area contributed by atoms with Crippen molar-refractivity contribution in [2.45, 2.75) is 259 Å². The Morgan fingerprint density at radius 2 is 0.903 bits per heavy atom. The summed E-state index contributed by atoms with van der Waals surface area (Å²) in [6.07, 6.45) is 47.5. The first-order valence-corrected chi connectivity index (χ1v) is 26.4. The highest BCUT2D eigenvalue weighted by atomic mass is 16.5. The fourth-order valence-electron chi connectivity index (χ4n) is 8.49. The first kappa shape index (κ1) is 61.8. The number of carbonyl (C=O) groups excluding carboxylic acids is 1. The number of rotatable bonds is 45. The van der Waals surface area contributed by atoms with Crippen molar-refractivity contribution in [3.8, 4) is 0 Å². The first-order chi connectivity index (χ1) is 30.3. The molecule has 0 saturated carbocycles. The Balaban J connectivity index is 0. The second-order valence-corrected chi connectivity index (χ2v) is 18.0. The van der Waals surface area contributed by atoms with E-state index >= 15 is 0 Å². The van der Waals surface area contributed by atoms with E-state index in [9.17, 15) is 14.4 Å². The normalized spacial score (nSPS) is 11.6. The van der Waals surface area contributed by atoms with Gasteiger partial charge in [-0.1, -0.05) is 207 Å². The number of unbranched alkanes of at least 4 members (excludes halogenated alkanes) is 24. The molecule has 0 saturated heterocycles. The van der Waals surface area contributed by atoms with Gasteiger partial charge in [0.05, 0.1) is 6.10 Å². The lowest BCUT2D eigenvalue weighted by atomic mass is 9.92. The van der Waals surface area contributed by atoms with Gasteiger partial charge in [-0.05, 0) is 64.1 Å². The number of methoxy groups -OCH3 is 1. The largest absolute Gasteiger partial charge is 0.483 e. The zero-order valence-electron chi connectivity index (χ0n) is 41.8. The molecule has 1 aromatic carbocycles. The van der Waals surface area contributed by atoms with Crippen LogP contribution >= 0.6 is 0 Å². The maximum absolute atomic E-state index is 11.8. The molecule has 0 heterocycles. The molecule has 62 heavy (non-hydrogen) atoms. The SMILES string of the molecule is CCCCCCCCC(CC)CCCCCCCN(CCCCCCCC=O)CCCNc1c(NC)c(=O)c1=O.CCCCCCCCC(CCCCCCCC)OC.O=CO. The van der Waals surface area contributed by atoms with Crippen LogP contribution in [0.25, 0.3) is 0 Å². The van der Waals surface area contributed by atoms with Crippen molar-refractivity contribution >= 4 is 24.1 Å². The van der Waals surface area contributed by atoms with Crippen molar-refractivity contribution in [3.63, 3.8) is 0 Å². The van der Waals surface area contributed by atoms with E-state index in [1.807, 2.05) is 7.11 Å². The van der Waals surface area contributed by atoms with E-state index in [1.165, 1.54) is 199 Å². The van der Waals surface area contributed by atoms with Crippen LogP contribution in [0.4, 0.5) is 11.4 Å². The molecule has 1 aromatic rings. The van der Waals surface area contributed by atoms with Gasteiger partial charge in [-0.15, -0.1) is 0 Å². The number of hydrogen-bond acceptors (Lipinski definition) is 8. The molecule has 0 aromatic heterocycles. The van der Waals surface area contributed by atoms with E-state index in [1.54, 1.807) is 7.05 Å². The van der Waals surface area contributed by atoms with Gasteiger partial charge in [-0.2, -0.15) is 0 Å². The lowest BCUT2D eigenvalue weighted by molar-refractivity contribution is -0.122. The standard InChI is InChI=1S/C34H63N3O3.C18H38O.CH2O2/c1-4-6-7-8-12-17-23-30(5-2)24-18-13-11-15-20-27-37(26-19-14-9-10-16-21-29-38)28-22-25-36-32-31(35-3)33(39)34(32)40;1-4-6-8-10-12-14-16-18(19-3)17-15-13-11-9-7-5-2;2-1-3/h29-30,35-36H,4-28H2,1-3H3;18H,4-17H2,1-3H3;1H,(H,2,3). The molecule has 0 bridgehead atoms. The zero-order chi connectivity index (χ0) is 46.2. The Kier molecular flexibility index (Phi) is 49.6. The molecule has 0 radical (unpaired) electrons. The van der Waals surface area contributed by atoms with Gasteiger partial charge in [0.1, 0.15) is 17.7 Å². The number of aldehydes is 1. The van der Waals surface area contributed by atoms with Gasteiger partial charge in [0.15, 0.2) is 0 Å². The average Bonchev–Trinajstić information content (AvgIpc) is 3.28. The number of carboxylic acid groups (broad SMARTS) is 1. The Morgan fingerprint density at radius 1 is 0.532 bits per heavy atom. The smallest absolute Gasteiger partial charge is 0.290 e. The summed E-state index contributed by atoms with van der Waals surface area (Å²) in [5.41, 5.74) is 0.0574. The van der Waals surface area contributed by atoms with Crippen molar-refractivity contribution in [2.24, 2.45) is 5.92 Å². The molecule has 0 aliphatic carbocycles. The molecule has 1 unspecified atom stereocenters. The van der Waals surface area contributed by atoms with Gasteiger partial charge in [0.25, 0.3) is 17.3 Å². The molecule has 0 amide bonds. The van der Waals surface area contributed by atoms with Crippen molar-refractivity contribution < 1.29 is 19.4 Å². The van der Waals surface area contributed by atoms with Crippen molar-refractivity contribution in [3.05, 3.63) is 20.4 Å². The van der Waals surface area contributed by atoms with E-state index in [0.717, 1.165) is 51.1 Å². The molecule has 0 spiro atoms. The molecular formula is C53H103N3O6. The van der Waals surface area contributed by atoms with E-state index in [4.69, 9.17) is 14.6 Å². The van der Waals surface area contributed by atoms with Crippen molar-refractivity contribution in [2.75, 3.05) is 51.0 Å². The summed E-state index contributed by atoms with van der Waals surface area (Å²) >= 11 is 0. The molecule has 1 atom stereocenters. The van der Waals surface area contributed by atoms with E-state index in [-0.39, 0.29) is 6.47 Å². The molecule has 0 aliphatic heterocycles. The first-order valence-electron chi connectivity index (χ1n) is 26.4. The maximum Gasteiger partial charge on any atom is 0.290 e. The summed E-state index contributed by atoms with van der Waals surface area (Å²) in [6, 6.07) is 0. The predicted octanol–water partition coefficient (Wildman–Crippen LogP) is 14.3. The fourth-order valence-corrected chi connectivity index (χ4v) is 8.49. The van der Waals surface area contributed by atoms with Crippen LogP contribution in [-0.4, -0.2) is 69.2 Å². The van der Waals surface area contributed by atoms with E-state index < -0.39 is 10.9 Å². The van der Waals surface area contributed by atoms with Crippen LogP contribution < -0.4 is 21.5 Å². The Hall–Kier alpha value is -2.26. The second-order valence-electron chi connectivity index (χ2n) is 18.0. The Labute approximate surface area is 383 Å². The van der Waals surface area contributed by atoms with Crippen LogP contribution in [0.3, 0.4) is 0 Å². The third-order valence-electron chi connectivity index (χ3n) is 12.6. The maximum atomic E-state index is 11.8. The highest BCUT2D eigenvalue weighted by molar-refractivity contribution is 5.73. The fraction of sp³-hybridized carbons (Fsp3) is 0.887. The number of nitrogens with zero attached hydrogens (tertiary/aromatic N) is 1. The zero-order valence-corrected chi connectivity index (χ0v) is 41.8. The molecular weight excluding hydrogens is 775 g/mol. The topological polar surface area (TPSA) is 125 Å². The molecule has 0 fully saturated rings. The highest BCUT2D eigenvalue weighted by Gasteiger charge is 2.19. The monoisotopic (exact) mass is 878 g/mol. The van der Waals surface area contributed by atoms with Crippen molar-refractivity contribution in [1.82, 2.24) is 4.90 Å². The summed E-state index contributed by atoms with van der Waals surface area (Å²) in [4.78, 5) is 44.8. The quantitative estimate of drug-likeness (QED) is 0.0334. The summed E-state index contributed by atoms with van der Waals surface area (Å²) in [5, 5.41) is 12.9. The Morgan fingerprint density at radius 3 is 1.31 bits per heavy atom. The molecule has 1 rings (SSSR count). The third kappa shape index (κ3) is 38.2. The summed E-state index contributed by atoms with van der Waals surface area (Å²) < 4.78 is 5.61. The van der Waals surface area contributed by atoms with Crippen LogP contribution in [-0.2, 0) is 14.3 Å². The number of nitrogens with one attached hydrogen (secondary N) is 2.